The number of aryl methyl sites for hydroxylation is 2. The van der Waals surface area contributed by atoms with Crippen LogP contribution in [-0.2, 0) is 19.9 Å². The summed E-state index contributed by atoms with van der Waals surface area (Å²) >= 11 is 16.3. The maximum Gasteiger partial charge on any atom is 0.0850 e. The molecule has 2 aromatic rings. The van der Waals surface area contributed by atoms with Crippen molar-refractivity contribution in [3.05, 3.63) is 49.7 Å². The van der Waals surface area contributed by atoms with Crippen LogP contribution in [0, 0.1) is 0 Å². The molecule has 2 rings (SSSR count). The molecule has 114 valence electrons. The van der Waals surface area contributed by atoms with Gasteiger partial charge in [0.25, 0.3) is 0 Å². The summed E-state index contributed by atoms with van der Waals surface area (Å²) in [5.74, 6) is 0. The number of halogens is 3. The Balaban J connectivity index is 2.36. The monoisotopic (exact) mass is 389 g/mol. The molecule has 21 heavy (non-hydrogen) atoms. The van der Waals surface area contributed by atoms with Gasteiger partial charge in [-0.05, 0) is 41.0 Å². The van der Waals surface area contributed by atoms with Crippen LogP contribution in [0.15, 0.2) is 22.7 Å². The first-order valence-corrected chi connectivity index (χ1v) is 8.35. The summed E-state index contributed by atoms with van der Waals surface area (Å²) in [5, 5.41) is 9.26. The van der Waals surface area contributed by atoms with Crippen molar-refractivity contribution in [3.8, 4) is 0 Å². The predicted molar refractivity (Wildman–Crippen MR) is 92.3 cm³/mol. The second-order valence-corrected chi connectivity index (χ2v) is 6.48. The molecule has 0 aliphatic rings. The van der Waals surface area contributed by atoms with Gasteiger partial charge in [-0.3, -0.25) is 4.68 Å². The fourth-order valence-electron chi connectivity index (χ4n) is 2.39. The second kappa shape index (κ2) is 7.14. The zero-order valence-corrected chi connectivity index (χ0v) is 15.3. The van der Waals surface area contributed by atoms with Crippen LogP contribution in [0.4, 0.5) is 0 Å². The molecule has 1 unspecified atom stereocenters. The average molecular weight is 391 g/mol. The maximum absolute atomic E-state index is 6.44. The largest absolute Gasteiger partial charge is 0.313 e. The van der Waals surface area contributed by atoms with Gasteiger partial charge in [-0.2, -0.15) is 5.10 Å². The highest BCUT2D eigenvalue weighted by Gasteiger charge is 2.20. The number of aromatic nitrogens is 2. The van der Waals surface area contributed by atoms with Crippen molar-refractivity contribution in [3.63, 3.8) is 0 Å². The Morgan fingerprint density at radius 3 is 2.62 bits per heavy atom. The predicted octanol–water partition coefficient (Wildman–Crippen LogP) is 4.56. The third-order valence-electron chi connectivity index (χ3n) is 3.61. The van der Waals surface area contributed by atoms with Crippen molar-refractivity contribution in [1.82, 2.24) is 15.1 Å². The number of hydrogen-bond donors (Lipinski definition) is 1. The molecule has 1 aromatic carbocycles. The van der Waals surface area contributed by atoms with E-state index in [4.69, 9.17) is 23.2 Å². The molecule has 0 spiro atoms. The minimum atomic E-state index is 0.0765. The van der Waals surface area contributed by atoms with Crippen molar-refractivity contribution >= 4 is 39.1 Å². The average Bonchev–Trinajstić information content (AvgIpc) is 2.74. The standard InChI is InChI=1S/C15H18BrCl2N3/c1-4-11-15(18)13(21(3)20-11)8-12(19-2)9-6-5-7-10(16)14(9)17/h5-7,12,19H,4,8H2,1-3H3. The third kappa shape index (κ3) is 3.45. The van der Waals surface area contributed by atoms with Crippen LogP contribution in [0.5, 0.6) is 0 Å². The molecule has 0 aliphatic carbocycles. The van der Waals surface area contributed by atoms with E-state index in [1.54, 1.807) is 0 Å². The van der Waals surface area contributed by atoms with Gasteiger partial charge in [-0.1, -0.05) is 42.3 Å². The number of nitrogens with zero attached hydrogens (tertiary/aromatic N) is 2. The maximum atomic E-state index is 6.44. The van der Waals surface area contributed by atoms with Gasteiger partial charge in [0.1, 0.15) is 0 Å². The SMILES string of the molecule is CCc1nn(C)c(CC(NC)c2cccc(Br)c2Cl)c1Cl. The minimum absolute atomic E-state index is 0.0765. The van der Waals surface area contributed by atoms with Crippen molar-refractivity contribution < 1.29 is 0 Å². The van der Waals surface area contributed by atoms with Crippen LogP contribution in [0.3, 0.4) is 0 Å². The van der Waals surface area contributed by atoms with E-state index in [9.17, 15) is 0 Å². The first kappa shape index (κ1) is 16.8. The van der Waals surface area contributed by atoms with Gasteiger partial charge in [0, 0.05) is 24.0 Å². The lowest BCUT2D eigenvalue weighted by Gasteiger charge is -2.19. The molecule has 0 saturated carbocycles. The van der Waals surface area contributed by atoms with Gasteiger partial charge in [0.05, 0.1) is 21.4 Å². The molecule has 1 atom stereocenters. The topological polar surface area (TPSA) is 29.9 Å². The van der Waals surface area contributed by atoms with Crippen LogP contribution >= 0.6 is 39.1 Å². The van der Waals surface area contributed by atoms with Gasteiger partial charge in [-0.15, -0.1) is 0 Å². The first-order chi connectivity index (χ1) is 9.99. The van der Waals surface area contributed by atoms with E-state index in [1.165, 1.54) is 0 Å². The van der Waals surface area contributed by atoms with E-state index in [-0.39, 0.29) is 6.04 Å². The quantitative estimate of drug-likeness (QED) is 0.811. The number of hydrogen-bond acceptors (Lipinski definition) is 2. The second-order valence-electron chi connectivity index (χ2n) is 4.87. The Bertz CT molecular complexity index is 640. The van der Waals surface area contributed by atoms with E-state index in [1.807, 2.05) is 37.0 Å². The van der Waals surface area contributed by atoms with E-state index in [0.29, 0.717) is 0 Å². The Hall–Kier alpha value is -0.550. The van der Waals surface area contributed by atoms with Gasteiger partial charge in [0.2, 0.25) is 0 Å². The van der Waals surface area contributed by atoms with Crippen LogP contribution in [0.2, 0.25) is 10.0 Å². The molecule has 0 saturated heterocycles. The normalized spacial score (nSPS) is 12.7. The molecule has 0 fully saturated rings. The summed E-state index contributed by atoms with van der Waals surface area (Å²) in [6, 6.07) is 6.02. The summed E-state index contributed by atoms with van der Waals surface area (Å²) in [5.41, 5.74) is 3.00. The van der Waals surface area contributed by atoms with Crippen molar-refractivity contribution in [2.45, 2.75) is 25.8 Å². The molecule has 1 heterocycles. The van der Waals surface area contributed by atoms with E-state index in [0.717, 1.165) is 44.3 Å². The molecule has 1 N–H and O–H groups in total. The zero-order valence-electron chi connectivity index (χ0n) is 12.3. The van der Waals surface area contributed by atoms with E-state index < -0.39 is 0 Å². The highest BCUT2D eigenvalue weighted by molar-refractivity contribution is 9.10. The third-order valence-corrected chi connectivity index (χ3v) is 5.35. The smallest absolute Gasteiger partial charge is 0.0850 e. The van der Waals surface area contributed by atoms with Gasteiger partial charge in [-0.25, -0.2) is 0 Å². The Labute approximate surface area is 143 Å². The number of nitrogens with one attached hydrogen (secondary N) is 1. The lowest BCUT2D eigenvalue weighted by molar-refractivity contribution is 0.561. The van der Waals surface area contributed by atoms with Crippen molar-refractivity contribution in [1.29, 1.82) is 0 Å². The summed E-state index contributed by atoms with van der Waals surface area (Å²) in [4.78, 5) is 0. The molecule has 0 aliphatic heterocycles. The fourth-order valence-corrected chi connectivity index (χ4v) is 3.40. The molecule has 1 aromatic heterocycles. The number of benzene rings is 1. The zero-order chi connectivity index (χ0) is 15.6. The van der Waals surface area contributed by atoms with Crippen LogP contribution in [-0.4, -0.2) is 16.8 Å². The van der Waals surface area contributed by atoms with Gasteiger partial charge in [0.15, 0.2) is 0 Å². The molecular formula is C15H18BrCl2N3. The summed E-state index contributed by atoms with van der Waals surface area (Å²) in [7, 11) is 3.85. The summed E-state index contributed by atoms with van der Waals surface area (Å²) in [6.07, 6.45) is 1.56. The van der Waals surface area contributed by atoms with Crippen LogP contribution < -0.4 is 5.32 Å². The lowest BCUT2D eigenvalue weighted by atomic mass is 10.0. The van der Waals surface area contributed by atoms with Crippen LogP contribution in [0.1, 0.15) is 29.9 Å². The van der Waals surface area contributed by atoms with Crippen molar-refractivity contribution in [2.24, 2.45) is 7.05 Å². The summed E-state index contributed by atoms with van der Waals surface area (Å²) in [6.45, 7) is 2.05. The Kier molecular flexibility index (Phi) is 5.72. The fraction of sp³-hybridized carbons (Fsp3) is 0.400. The van der Waals surface area contributed by atoms with Crippen LogP contribution in [0.25, 0.3) is 0 Å². The Morgan fingerprint density at radius 2 is 2.05 bits per heavy atom. The molecule has 0 bridgehead atoms. The highest BCUT2D eigenvalue weighted by Crippen LogP contribution is 2.33. The molecule has 0 radical (unpaired) electrons. The summed E-state index contributed by atoms with van der Waals surface area (Å²) < 4.78 is 2.75. The lowest BCUT2D eigenvalue weighted by Crippen LogP contribution is -2.20. The Morgan fingerprint density at radius 1 is 1.33 bits per heavy atom. The molecule has 3 nitrogen and oxygen atoms in total. The van der Waals surface area contributed by atoms with Gasteiger partial charge < -0.3 is 5.32 Å². The molecule has 6 heteroatoms. The minimum Gasteiger partial charge on any atom is -0.313 e. The van der Waals surface area contributed by atoms with Crippen molar-refractivity contribution in [2.75, 3.05) is 7.05 Å². The molecule has 0 amide bonds. The number of likely N-dealkylation sites (N-methyl/N-ethyl adjacent to an activating group) is 1. The van der Waals surface area contributed by atoms with E-state index in [2.05, 4.69) is 33.3 Å². The first-order valence-electron chi connectivity index (χ1n) is 6.81. The highest BCUT2D eigenvalue weighted by atomic mass is 79.9. The van der Waals surface area contributed by atoms with E-state index >= 15 is 0 Å². The molecular weight excluding hydrogens is 373 g/mol. The number of rotatable bonds is 5. The van der Waals surface area contributed by atoms with Gasteiger partial charge >= 0.3 is 0 Å².